The molecule has 4 rings (SSSR count). The van der Waals surface area contributed by atoms with Crippen LogP contribution in [0.2, 0.25) is 0 Å². The molecule has 2 heterocycles. The van der Waals surface area contributed by atoms with Gasteiger partial charge in [-0.15, -0.1) is 0 Å². The van der Waals surface area contributed by atoms with Crippen molar-refractivity contribution in [3.8, 4) is 22.8 Å². The zero-order valence-electron chi connectivity index (χ0n) is 16.8. The van der Waals surface area contributed by atoms with Gasteiger partial charge in [0.25, 0.3) is 0 Å². The van der Waals surface area contributed by atoms with E-state index in [2.05, 4.69) is 20.6 Å². The number of hydrogen-bond acceptors (Lipinski definition) is 5. The van der Waals surface area contributed by atoms with E-state index in [1.165, 1.54) is 0 Å². The van der Waals surface area contributed by atoms with E-state index >= 15 is 0 Å². The molecule has 0 saturated carbocycles. The number of carbonyl (C=O) groups excluding carboxylic acids is 1. The number of anilines is 2. The molecular formula is C22H21N5O3. The fourth-order valence-corrected chi connectivity index (χ4v) is 3.05. The van der Waals surface area contributed by atoms with Gasteiger partial charge in [0.2, 0.25) is 5.78 Å². The topological polar surface area (TPSA) is 89.8 Å². The van der Waals surface area contributed by atoms with E-state index in [1.54, 1.807) is 38.6 Å². The fraction of sp³-hybridized carbons (Fsp3) is 0.136. The molecule has 4 aromatic rings. The summed E-state index contributed by atoms with van der Waals surface area (Å²) in [6.45, 7) is 1.93. The van der Waals surface area contributed by atoms with Gasteiger partial charge in [0.1, 0.15) is 11.5 Å². The molecule has 152 valence electrons. The number of aryl methyl sites for hydroxylation is 1. The summed E-state index contributed by atoms with van der Waals surface area (Å²) in [5.74, 6) is 1.79. The minimum absolute atomic E-state index is 0.373. The van der Waals surface area contributed by atoms with E-state index in [4.69, 9.17) is 9.47 Å². The normalized spacial score (nSPS) is 10.6. The molecule has 0 atom stereocenters. The van der Waals surface area contributed by atoms with Crippen LogP contribution in [-0.4, -0.2) is 34.6 Å². The van der Waals surface area contributed by atoms with E-state index < -0.39 is 0 Å². The number of rotatable bonds is 5. The molecule has 2 aromatic carbocycles. The Morgan fingerprint density at radius 3 is 2.50 bits per heavy atom. The second kappa shape index (κ2) is 8.12. The molecule has 0 saturated heterocycles. The minimum atomic E-state index is -0.373. The Morgan fingerprint density at radius 1 is 1.03 bits per heavy atom. The first kappa shape index (κ1) is 19.3. The fourth-order valence-electron chi connectivity index (χ4n) is 3.05. The van der Waals surface area contributed by atoms with Crippen LogP contribution in [0.5, 0.6) is 11.5 Å². The number of hydrogen-bond donors (Lipinski definition) is 2. The highest BCUT2D eigenvalue weighted by Gasteiger charge is 2.11. The zero-order valence-corrected chi connectivity index (χ0v) is 16.8. The molecule has 30 heavy (non-hydrogen) atoms. The van der Waals surface area contributed by atoms with Crippen molar-refractivity contribution in [2.45, 2.75) is 6.92 Å². The molecule has 8 heteroatoms. The summed E-state index contributed by atoms with van der Waals surface area (Å²) in [5, 5.41) is 5.70. The minimum Gasteiger partial charge on any atom is -0.497 e. The summed E-state index contributed by atoms with van der Waals surface area (Å²) >= 11 is 0. The van der Waals surface area contributed by atoms with Crippen LogP contribution in [0, 0.1) is 6.92 Å². The number of ether oxygens (including phenoxy) is 2. The molecule has 0 aliphatic rings. The molecular weight excluding hydrogens is 382 g/mol. The maximum atomic E-state index is 12.6. The first-order valence-electron chi connectivity index (χ1n) is 9.27. The number of carbonyl (C=O) groups is 1. The van der Waals surface area contributed by atoms with Crippen molar-refractivity contribution >= 4 is 23.2 Å². The van der Waals surface area contributed by atoms with E-state index in [-0.39, 0.29) is 6.03 Å². The van der Waals surface area contributed by atoms with E-state index in [9.17, 15) is 4.79 Å². The summed E-state index contributed by atoms with van der Waals surface area (Å²) in [5.41, 5.74) is 3.83. The van der Waals surface area contributed by atoms with Gasteiger partial charge in [0.15, 0.2) is 0 Å². The van der Waals surface area contributed by atoms with Crippen molar-refractivity contribution in [1.29, 1.82) is 0 Å². The number of urea groups is 1. The molecule has 0 fully saturated rings. The second-order valence-corrected chi connectivity index (χ2v) is 6.66. The Hall–Kier alpha value is -4.07. The molecule has 2 amide bonds. The molecule has 2 N–H and O–H groups in total. The summed E-state index contributed by atoms with van der Waals surface area (Å²) in [6.07, 6.45) is 5.49. The monoisotopic (exact) mass is 403 g/mol. The number of aromatic nitrogens is 3. The highest BCUT2D eigenvalue weighted by molar-refractivity contribution is 6.00. The SMILES string of the molecule is COc1cc(NC(=O)Nc2cc(-c3cn4cccnc4n3)ccc2C)cc(OC)c1. The van der Waals surface area contributed by atoms with E-state index in [0.717, 1.165) is 16.8 Å². The number of nitrogens with zero attached hydrogens (tertiary/aromatic N) is 3. The van der Waals surface area contributed by atoms with Crippen LogP contribution >= 0.6 is 0 Å². The third-order valence-electron chi connectivity index (χ3n) is 4.63. The summed E-state index contributed by atoms with van der Waals surface area (Å²) < 4.78 is 12.3. The van der Waals surface area contributed by atoms with Crippen molar-refractivity contribution in [3.05, 3.63) is 66.6 Å². The summed E-state index contributed by atoms with van der Waals surface area (Å²) in [6, 6.07) is 12.4. The van der Waals surface area contributed by atoms with Crippen LogP contribution in [0.3, 0.4) is 0 Å². The van der Waals surface area contributed by atoms with Crippen LogP contribution in [0.4, 0.5) is 16.2 Å². The van der Waals surface area contributed by atoms with E-state index in [1.807, 2.05) is 48.0 Å². The van der Waals surface area contributed by atoms with Gasteiger partial charge in [-0.25, -0.2) is 14.8 Å². The zero-order chi connectivity index (χ0) is 21.1. The molecule has 0 aliphatic carbocycles. The number of amides is 2. The Kier molecular flexibility index (Phi) is 5.21. The van der Waals surface area contributed by atoms with E-state index in [0.29, 0.717) is 28.7 Å². The average Bonchev–Trinajstić information content (AvgIpc) is 3.19. The van der Waals surface area contributed by atoms with Crippen LogP contribution in [0.1, 0.15) is 5.56 Å². The summed E-state index contributed by atoms with van der Waals surface area (Å²) in [7, 11) is 3.12. The lowest BCUT2D eigenvalue weighted by atomic mass is 10.1. The third kappa shape index (κ3) is 4.02. The Labute approximate surface area is 173 Å². The Bertz CT molecular complexity index is 1160. The molecule has 0 unspecified atom stereocenters. The van der Waals surface area contributed by atoms with Crippen molar-refractivity contribution in [2.24, 2.45) is 0 Å². The highest BCUT2D eigenvalue weighted by atomic mass is 16.5. The van der Waals surface area contributed by atoms with Gasteiger partial charge in [0.05, 0.1) is 19.9 Å². The van der Waals surface area contributed by atoms with Crippen molar-refractivity contribution in [1.82, 2.24) is 14.4 Å². The molecule has 0 bridgehead atoms. The number of fused-ring (bicyclic) bond motifs is 1. The molecule has 0 radical (unpaired) electrons. The Morgan fingerprint density at radius 2 is 1.80 bits per heavy atom. The first-order chi connectivity index (χ1) is 14.6. The quantitative estimate of drug-likeness (QED) is 0.517. The third-order valence-corrected chi connectivity index (χ3v) is 4.63. The van der Waals surface area contributed by atoms with Gasteiger partial charge in [-0.2, -0.15) is 0 Å². The molecule has 2 aromatic heterocycles. The van der Waals surface area contributed by atoms with Crippen LogP contribution in [0.25, 0.3) is 17.0 Å². The van der Waals surface area contributed by atoms with Crippen molar-refractivity contribution < 1.29 is 14.3 Å². The van der Waals surface area contributed by atoms with Gasteiger partial charge in [-0.3, -0.25) is 4.40 Å². The number of imidazole rings is 1. The first-order valence-corrected chi connectivity index (χ1v) is 9.27. The molecule has 0 spiro atoms. The second-order valence-electron chi connectivity index (χ2n) is 6.66. The predicted octanol–water partition coefficient (Wildman–Crippen LogP) is 4.37. The van der Waals surface area contributed by atoms with Crippen molar-refractivity contribution in [3.63, 3.8) is 0 Å². The lowest BCUT2D eigenvalue weighted by Crippen LogP contribution is -2.20. The van der Waals surface area contributed by atoms with Gasteiger partial charge in [-0.05, 0) is 24.6 Å². The van der Waals surface area contributed by atoms with Gasteiger partial charge >= 0.3 is 6.03 Å². The lowest BCUT2D eigenvalue weighted by Gasteiger charge is -2.13. The predicted molar refractivity (Wildman–Crippen MR) is 115 cm³/mol. The average molecular weight is 403 g/mol. The standard InChI is InChI=1S/C22H21N5O3/c1-14-5-6-15(20-13-27-8-4-7-23-21(27)25-20)9-19(14)26-22(28)24-16-10-17(29-2)12-18(11-16)30-3/h4-13H,1-3H3,(H2,24,26,28). The van der Waals surface area contributed by atoms with Gasteiger partial charge < -0.3 is 20.1 Å². The number of nitrogens with one attached hydrogen (secondary N) is 2. The maximum Gasteiger partial charge on any atom is 0.323 e. The maximum absolute atomic E-state index is 12.6. The largest absolute Gasteiger partial charge is 0.497 e. The smallest absolute Gasteiger partial charge is 0.323 e. The molecule has 0 aliphatic heterocycles. The molecule has 8 nitrogen and oxygen atoms in total. The van der Waals surface area contributed by atoms with Crippen LogP contribution in [0.15, 0.2) is 61.1 Å². The van der Waals surface area contributed by atoms with Crippen LogP contribution in [-0.2, 0) is 0 Å². The number of benzene rings is 2. The van der Waals surface area contributed by atoms with Crippen molar-refractivity contribution in [2.75, 3.05) is 24.9 Å². The Balaban J connectivity index is 1.56. The number of methoxy groups -OCH3 is 2. The van der Waals surface area contributed by atoms with Crippen LogP contribution < -0.4 is 20.1 Å². The van der Waals surface area contributed by atoms with Gasteiger partial charge in [0, 0.05) is 53.7 Å². The lowest BCUT2D eigenvalue weighted by molar-refractivity contribution is 0.262. The summed E-state index contributed by atoms with van der Waals surface area (Å²) in [4.78, 5) is 21.4. The van der Waals surface area contributed by atoms with Gasteiger partial charge in [-0.1, -0.05) is 12.1 Å². The highest BCUT2D eigenvalue weighted by Crippen LogP contribution is 2.27.